The van der Waals surface area contributed by atoms with Gasteiger partial charge in [0, 0.05) is 36.8 Å². The van der Waals surface area contributed by atoms with Crippen LogP contribution in [0.5, 0.6) is 0 Å². The van der Waals surface area contributed by atoms with E-state index in [-0.39, 0.29) is 0 Å². The molecule has 1 aromatic heterocycles. The fourth-order valence-electron chi connectivity index (χ4n) is 2.80. The average molecular weight is 244 g/mol. The molecule has 2 aromatic rings. The molecule has 1 aliphatic rings. The summed E-state index contributed by atoms with van der Waals surface area (Å²) in [5.41, 5.74) is 8.26. The summed E-state index contributed by atoms with van der Waals surface area (Å²) >= 11 is 0. The van der Waals surface area contributed by atoms with Crippen LogP contribution in [0.4, 0.5) is 0 Å². The van der Waals surface area contributed by atoms with E-state index in [1.54, 1.807) is 0 Å². The summed E-state index contributed by atoms with van der Waals surface area (Å²) in [7, 11) is 0. The minimum absolute atomic E-state index is 0.371. The summed E-state index contributed by atoms with van der Waals surface area (Å²) in [5.74, 6) is 0. The first-order chi connectivity index (χ1) is 8.88. The van der Waals surface area contributed by atoms with Gasteiger partial charge in [0.2, 0.25) is 0 Å². The van der Waals surface area contributed by atoms with E-state index in [0.717, 1.165) is 13.2 Å². The van der Waals surface area contributed by atoms with Gasteiger partial charge in [-0.05, 0) is 37.0 Å². The largest absolute Gasteiger partial charge is 0.376 e. The Kier molecular flexibility index (Phi) is 3.35. The van der Waals surface area contributed by atoms with Gasteiger partial charge >= 0.3 is 0 Å². The summed E-state index contributed by atoms with van der Waals surface area (Å²) in [6.45, 7) is 2.47. The van der Waals surface area contributed by atoms with E-state index < -0.39 is 0 Å². The number of ether oxygens (including phenoxy) is 1. The Morgan fingerprint density at radius 3 is 3.00 bits per heavy atom. The van der Waals surface area contributed by atoms with E-state index >= 15 is 0 Å². The normalized spacial score (nSPS) is 20.4. The van der Waals surface area contributed by atoms with E-state index in [1.165, 1.54) is 35.7 Å². The Balaban J connectivity index is 1.88. The number of nitrogens with zero attached hydrogens (tertiary/aromatic N) is 1. The number of nitrogens with two attached hydrogens (primary N) is 1. The lowest BCUT2D eigenvalue weighted by Gasteiger charge is -2.23. The van der Waals surface area contributed by atoms with Crippen molar-refractivity contribution < 1.29 is 4.74 Å². The molecule has 0 radical (unpaired) electrons. The topological polar surface area (TPSA) is 40.2 Å². The van der Waals surface area contributed by atoms with Crippen molar-refractivity contribution in [1.82, 2.24) is 4.57 Å². The number of rotatable bonds is 3. The van der Waals surface area contributed by atoms with Crippen molar-refractivity contribution in [3.8, 4) is 0 Å². The zero-order valence-corrected chi connectivity index (χ0v) is 10.6. The Labute approximate surface area is 108 Å². The average Bonchev–Trinajstić information content (AvgIpc) is 2.83. The number of benzene rings is 1. The van der Waals surface area contributed by atoms with E-state index in [0.29, 0.717) is 12.6 Å². The molecule has 0 aliphatic carbocycles. The first-order valence-electron chi connectivity index (χ1n) is 6.77. The highest BCUT2D eigenvalue weighted by molar-refractivity contribution is 5.83. The Bertz CT molecular complexity index is 526. The van der Waals surface area contributed by atoms with Gasteiger partial charge in [0.1, 0.15) is 0 Å². The van der Waals surface area contributed by atoms with Crippen LogP contribution in [-0.2, 0) is 17.8 Å². The van der Waals surface area contributed by atoms with E-state index in [1.807, 2.05) is 0 Å². The highest BCUT2D eigenvalue weighted by Crippen LogP contribution is 2.22. The monoisotopic (exact) mass is 244 g/mol. The maximum atomic E-state index is 5.81. The van der Waals surface area contributed by atoms with Crippen molar-refractivity contribution in [2.75, 3.05) is 6.61 Å². The molecule has 2 N–H and O–H groups in total. The number of hydrogen-bond donors (Lipinski definition) is 1. The third kappa shape index (κ3) is 2.16. The molecule has 2 heterocycles. The molecule has 1 atom stereocenters. The molecule has 1 saturated heterocycles. The highest BCUT2D eigenvalue weighted by atomic mass is 16.5. The first-order valence-corrected chi connectivity index (χ1v) is 6.77. The van der Waals surface area contributed by atoms with Crippen molar-refractivity contribution in [2.45, 2.75) is 38.5 Å². The minimum Gasteiger partial charge on any atom is -0.376 e. The van der Waals surface area contributed by atoms with Gasteiger partial charge in [-0.3, -0.25) is 0 Å². The maximum absolute atomic E-state index is 5.81. The third-order valence-corrected chi connectivity index (χ3v) is 3.80. The van der Waals surface area contributed by atoms with Crippen molar-refractivity contribution >= 4 is 10.9 Å². The van der Waals surface area contributed by atoms with Gasteiger partial charge in [0.25, 0.3) is 0 Å². The second-order valence-corrected chi connectivity index (χ2v) is 5.01. The van der Waals surface area contributed by atoms with E-state index in [9.17, 15) is 0 Å². The molecule has 96 valence electrons. The highest BCUT2D eigenvalue weighted by Gasteiger charge is 2.15. The van der Waals surface area contributed by atoms with Gasteiger partial charge in [-0.1, -0.05) is 12.1 Å². The Morgan fingerprint density at radius 1 is 1.28 bits per heavy atom. The zero-order valence-electron chi connectivity index (χ0n) is 10.6. The SMILES string of the molecule is NCc1cccc2c1ccn2CC1CCCCO1. The lowest BCUT2D eigenvalue weighted by Crippen LogP contribution is -2.24. The molecule has 1 unspecified atom stereocenters. The number of fused-ring (bicyclic) bond motifs is 1. The van der Waals surface area contributed by atoms with Gasteiger partial charge in [-0.2, -0.15) is 0 Å². The van der Waals surface area contributed by atoms with Crippen LogP contribution < -0.4 is 5.73 Å². The molecular weight excluding hydrogens is 224 g/mol. The standard InChI is InChI=1S/C15H20N2O/c16-10-12-4-3-6-15-14(12)7-8-17(15)11-13-5-1-2-9-18-13/h3-4,6-8,13H,1-2,5,9-11,16H2. The molecule has 0 bridgehead atoms. The number of aromatic nitrogens is 1. The summed E-state index contributed by atoms with van der Waals surface area (Å²) in [6, 6.07) is 8.52. The van der Waals surface area contributed by atoms with Crippen LogP contribution in [0.3, 0.4) is 0 Å². The predicted octanol–water partition coefficient (Wildman–Crippen LogP) is 2.67. The smallest absolute Gasteiger partial charge is 0.0754 e. The van der Waals surface area contributed by atoms with Crippen molar-refractivity contribution in [3.05, 3.63) is 36.0 Å². The molecule has 3 heteroatoms. The van der Waals surface area contributed by atoms with Gasteiger partial charge < -0.3 is 15.0 Å². The molecule has 1 aliphatic heterocycles. The fraction of sp³-hybridized carbons (Fsp3) is 0.467. The maximum Gasteiger partial charge on any atom is 0.0754 e. The zero-order chi connectivity index (χ0) is 12.4. The van der Waals surface area contributed by atoms with Gasteiger partial charge in [0.05, 0.1) is 6.10 Å². The Morgan fingerprint density at radius 2 is 2.22 bits per heavy atom. The molecule has 18 heavy (non-hydrogen) atoms. The molecule has 0 amide bonds. The molecule has 1 fully saturated rings. The molecule has 0 spiro atoms. The quantitative estimate of drug-likeness (QED) is 0.901. The van der Waals surface area contributed by atoms with Crippen LogP contribution in [0.25, 0.3) is 10.9 Å². The predicted molar refractivity (Wildman–Crippen MR) is 73.4 cm³/mol. The second kappa shape index (κ2) is 5.12. The summed E-state index contributed by atoms with van der Waals surface area (Å²) in [5, 5.41) is 1.27. The van der Waals surface area contributed by atoms with Gasteiger partial charge in [0.15, 0.2) is 0 Å². The third-order valence-electron chi connectivity index (χ3n) is 3.80. The second-order valence-electron chi connectivity index (χ2n) is 5.01. The first kappa shape index (κ1) is 11.8. The fourth-order valence-corrected chi connectivity index (χ4v) is 2.80. The van der Waals surface area contributed by atoms with Crippen LogP contribution in [0.2, 0.25) is 0 Å². The molecule has 0 saturated carbocycles. The lowest BCUT2D eigenvalue weighted by molar-refractivity contribution is 0.00670. The number of hydrogen-bond acceptors (Lipinski definition) is 2. The van der Waals surface area contributed by atoms with Crippen molar-refractivity contribution in [3.63, 3.8) is 0 Å². The van der Waals surface area contributed by atoms with Crippen LogP contribution in [0.15, 0.2) is 30.5 Å². The van der Waals surface area contributed by atoms with Crippen molar-refractivity contribution in [2.24, 2.45) is 5.73 Å². The minimum atomic E-state index is 0.371. The van der Waals surface area contributed by atoms with Crippen LogP contribution >= 0.6 is 0 Å². The van der Waals surface area contributed by atoms with Gasteiger partial charge in [-0.25, -0.2) is 0 Å². The van der Waals surface area contributed by atoms with E-state index in [4.69, 9.17) is 10.5 Å². The molecule has 3 nitrogen and oxygen atoms in total. The summed E-state index contributed by atoms with van der Waals surface area (Å²) < 4.78 is 8.11. The molecule has 3 rings (SSSR count). The summed E-state index contributed by atoms with van der Waals surface area (Å²) in [4.78, 5) is 0. The van der Waals surface area contributed by atoms with Crippen LogP contribution in [0, 0.1) is 0 Å². The van der Waals surface area contributed by atoms with Gasteiger partial charge in [-0.15, -0.1) is 0 Å². The lowest BCUT2D eigenvalue weighted by atomic mass is 10.1. The van der Waals surface area contributed by atoms with Crippen molar-refractivity contribution in [1.29, 1.82) is 0 Å². The van der Waals surface area contributed by atoms with Crippen LogP contribution in [0.1, 0.15) is 24.8 Å². The summed E-state index contributed by atoms with van der Waals surface area (Å²) in [6.07, 6.45) is 6.20. The molecular formula is C15H20N2O. The van der Waals surface area contributed by atoms with Crippen LogP contribution in [-0.4, -0.2) is 17.3 Å². The Hall–Kier alpha value is -1.32. The molecule has 1 aromatic carbocycles. The van der Waals surface area contributed by atoms with E-state index in [2.05, 4.69) is 35.0 Å².